The van der Waals surface area contributed by atoms with Gasteiger partial charge < -0.3 is 9.88 Å². The van der Waals surface area contributed by atoms with Gasteiger partial charge in [0.05, 0.1) is 22.9 Å². The summed E-state index contributed by atoms with van der Waals surface area (Å²) in [6.45, 7) is 5.14. The Morgan fingerprint density at radius 3 is 3.00 bits per heavy atom. The maximum atomic E-state index is 13.0. The minimum absolute atomic E-state index is 0.0616. The van der Waals surface area contributed by atoms with E-state index >= 15 is 0 Å². The molecule has 3 aromatic heterocycles. The van der Waals surface area contributed by atoms with Gasteiger partial charge >= 0.3 is 0 Å². The van der Waals surface area contributed by atoms with Gasteiger partial charge in [0, 0.05) is 49.9 Å². The smallest absolute Gasteiger partial charge is 0.256 e. The number of H-pyrrole nitrogens is 1. The van der Waals surface area contributed by atoms with Gasteiger partial charge in [-0.05, 0) is 48.9 Å². The molecule has 1 amide bonds. The Bertz CT molecular complexity index is 1160. The Morgan fingerprint density at radius 1 is 1.32 bits per heavy atom. The summed E-state index contributed by atoms with van der Waals surface area (Å²) in [7, 11) is 0. The van der Waals surface area contributed by atoms with Crippen LogP contribution in [0.2, 0.25) is 0 Å². The number of pyridine rings is 1. The van der Waals surface area contributed by atoms with Crippen LogP contribution in [-0.2, 0) is 19.5 Å². The summed E-state index contributed by atoms with van der Waals surface area (Å²) < 4.78 is 0. The molecule has 0 bridgehead atoms. The van der Waals surface area contributed by atoms with Gasteiger partial charge in [-0.3, -0.25) is 19.5 Å². The number of aryl methyl sites for hydroxylation is 1. The third-order valence-electron chi connectivity index (χ3n) is 6.24. The molecule has 7 nitrogen and oxygen atoms in total. The lowest BCUT2D eigenvalue weighted by atomic mass is 10.1. The second kappa shape index (κ2) is 8.36. The summed E-state index contributed by atoms with van der Waals surface area (Å²) in [5.74, 6) is 0.550. The van der Waals surface area contributed by atoms with E-state index in [1.165, 1.54) is 10.4 Å². The maximum absolute atomic E-state index is 13.0. The van der Waals surface area contributed by atoms with Crippen molar-refractivity contribution in [2.24, 2.45) is 0 Å². The van der Waals surface area contributed by atoms with Crippen LogP contribution < -0.4 is 5.56 Å². The van der Waals surface area contributed by atoms with Gasteiger partial charge in [0.2, 0.25) is 0 Å². The van der Waals surface area contributed by atoms with Gasteiger partial charge in [-0.2, -0.15) is 0 Å². The van der Waals surface area contributed by atoms with Crippen molar-refractivity contribution in [1.82, 2.24) is 24.8 Å². The average molecular weight is 436 g/mol. The van der Waals surface area contributed by atoms with Crippen molar-refractivity contribution in [2.45, 2.75) is 45.3 Å². The van der Waals surface area contributed by atoms with Crippen LogP contribution in [0.4, 0.5) is 0 Å². The number of carbonyl (C=O) groups is 1. The van der Waals surface area contributed by atoms with Crippen LogP contribution in [0.1, 0.15) is 56.8 Å². The van der Waals surface area contributed by atoms with Gasteiger partial charge in [0.25, 0.3) is 11.5 Å². The van der Waals surface area contributed by atoms with E-state index in [0.29, 0.717) is 24.5 Å². The van der Waals surface area contributed by atoms with Crippen LogP contribution in [0.15, 0.2) is 40.8 Å². The molecular formula is C23H25N5O2S. The summed E-state index contributed by atoms with van der Waals surface area (Å²) in [4.78, 5) is 43.3. The van der Waals surface area contributed by atoms with Crippen LogP contribution >= 0.6 is 11.3 Å². The summed E-state index contributed by atoms with van der Waals surface area (Å²) in [5.41, 5.74) is 3.42. The average Bonchev–Trinajstić information content (AvgIpc) is 3.43. The van der Waals surface area contributed by atoms with Crippen LogP contribution in [-0.4, -0.2) is 43.7 Å². The largest absolute Gasteiger partial charge is 0.328 e. The summed E-state index contributed by atoms with van der Waals surface area (Å²) >= 11 is 1.76. The SMILES string of the molecule is Cc1ccsc1CN1CCc2nc([C@@H]3CCCN3C(=O)c3cccnc3)[nH]c(=O)c2C1. The Labute approximate surface area is 184 Å². The second-order valence-electron chi connectivity index (χ2n) is 8.26. The number of hydrogen-bond donors (Lipinski definition) is 1. The molecule has 0 radical (unpaired) electrons. The lowest BCUT2D eigenvalue weighted by Gasteiger charge is -2.29. The zero-order valence-electron chi connectivity index (χ0n) is 17.5. The van der Waals surface area contributed by atoms with E-state index in [4.69, 9.17) is 4.98 Å². The number of nitrogens with zero attached hydrogens (tertiary/aromatic N) is 4. The highest BCUT2D eigenvalue weighted by atomic mass is 32.1. The lowest BCUT2D eigenvalue weighted by molar-refractivity contribution is 0.0728. The molecule has 0 saturated carbocycles. The van der Waals surface area contributed by atoms with Crippen molar-refractivity contribution >= 4 is 17.2 Å². The number of rotatable bonds is 4. The molecule has 160 valence electrons. The van der Waals surface area contributed by atoms with Gasteiger partial charge in [-0.1, -0.05) is 0 Å². The number of carbonyl (C=O) groups excluding carboxylic acids is 1. The van der Waals surface area contributed by atoms with Crippen LogP contribution in [0.3, 0.4) is 0 Å². The molecule has 0 aromatic carbocycles. The fourth-order valence-electron chi connectivity index (χ4n) is 4.51. The van der Waals surface area contributed by atoms with Crippen LogP contribution in [0, 0.1) is 6.92 Å². The highest BCUT2D eigenvalue weighted by molar-refractivity contribution is 7.10. The zero-order chi connectivity index (χ0) is 21.4. The quantitative estimate of drug-likeness (QED) is 0.681. The fraction of sp³-hybridized carbons (Fsp3) is 0.391. The molecule has 2 aliphatic rings. The number of aromatic nitrogens is 3. The van der Waals surface area contributed by atoms with Crippen molar-refractivity contribution in [2.75, 3.05) is 13.1 Å². The number of likely N-dealkylation sites (tertiary alicyclic amines) is 1. The molecule has 1 N–H and O–H groups in total. The number of amides is 1. The van der Waals surface area contributed by atoms with Crippen molar-refractivity contribution < 1.29 is 4.79 Å². The van der Waals surface area contributed by atoms with E-state index in [9.17, 15) is 9.59 Å². The van der Waals surface area contributed by atoms with E-state index in [2.05, 4.69) is 33.2 Å². The first kappa shape index (κ1) is 20.1. The third kappa shape index (κ3) is 3.93. The molecule has 0 spiro atoms. The molecule has 1 atom stereocenters. The Hall–Kier alpha value is -2.84. The predicted octanol–water partition coefficient (Wildman–Crippen LogP) is 3.07. The Kier molecular flexibility index (Phi) is 5.41. The summed E-state index contributed by atoms with van der Waals surface area (Å²) in [6.07, 6.45) is 5.69. The standard InChI is InChI=1S/C23H25N5O2S/c1-15-7-11-31-20(15)14-27-10-6-18-17(13-27)22(29)26-21(25-18)19-5-3-9-28(19)23(30)16-4-2-8-24-12-16/h2,4,7-8,11-12,19H,3,5-6,9-10,13-14H2,1H3,(H,25,26,29)/t19-/m0/s1. The van der Waals surface area contributed by atoms with E-state index in [1.54, 1.807) is 35.9 Å². The minimum atomic E-state index is -0.197. The van der Waals surface area contributed by atoms with E-state index in [1.807, 2.05) is 4.90 Å². The minimum Gasteiger partial charge on any atom is -0.328 e. The molecule has 0 aliphatic carbocycles. The van der Waals surface area contributed by atoms with Crippen molar-refractivity contribution in [3.05, 3.63) is 79.4 Å². The molecule has 8 heteroatoms. The number of nitrogens with one attached hydrogen (secondary N) is 1. The van der Waals surface area contributed by atoms with E-state index in [-0.39, 0.29) is 17.5 Å². The second-order valence-corrected chi connectivity index (χ2v) is 9.26. The molecule has 5 rings (SSSR count). The third-order valence-corrected chi connectivity index (χ3v) is 7.25. The van der Waals surface area contributed by atoms with Crippen LogP contribution in [0.25, 0.3) is 0 Å². The van der Waals surface area contributed by atoms with Gasteiger partial charge in [0.15, 0.2) is 0 Å². The number of aromatic amines is 1. The highest BCUT2D eigenvalue weighted by Gasteiger charge is 2.33. The first-order valence-electron chi connectivity index (χ1n) is 10.7. The van der Waals surface area contributed by atoms with Gasteiger partial charge in [-0.25, -0.2) is 4.98 Å². The molecule has 5 heterocycles. The van der Waals surface area contributed by atoms with E-state index in [0.717, 1.165) is 43.6 Å². The molecule has 1 saturated heterocycles. The van der Waals surface area contributed by atoms with Crippen molar-refractivity contribution in [3.63, 3.8) is 0 Å². The number of hydrogen-bond acceptors (Lipinski definition) is 6. The molecule has 31 heavy (non-hydrogen) atoms. The van der Waals surface area contributed by atoms with Crippen molar-refractivity contribution in [1.29, 1.82) is 0 Å². The van der Waals surface area contributed by atoms with Crippen molar-refractivity contribution in [3.8, 4) is 0 Å². The Morgan fingerprint density at radius 2 is 2.23 bits per heavy atom. The molecule has 2 aliphatic heterocycles. The first-order valence-corrected chi connectivity index (χ1v) is 11.6. The van der Waals surface area contributed by atoms with E-state index < -0.39 is 0 Å². The molecule has 1 fully saturated rings. The molecule has 3 aromatic rings. The maximum Gasteiger partial charge on any atom is 0.256 e. The fourth-order valence-corrected chi connectivity index (χ4v) is 5.46. The summed E-state index contributed by atoms with van der Waals surface area (Å²) in [5, 5.41) is 2.11. The monoisotopic (exact) mass is 435 g/mol. The normalized spacial score (nSPS) is 18.9. The molecular weight excluding hydrogens is 410 g/mol. The first-order chi connectivity index (χ1) is 15.1. The Balaban J connectivity index is 1.37. The molecule has 0 unspecified atom stereocenters. The topological polar surface area (TPSA) is 82.2 Å². The number of thiophene rings is 1. The number of fused-ring (bicyclic) bond motifs is 1. The van der Waals surface area contributed by atoms with Gasteiger partial charge in [-0.15, -0.1) is 11.3 Å². The highest BCUT2D eigenvalue weighted by Crippen LogP contribution is 2.31. The summed E-state index contributed by atoms with van der Waals surface area (Å²) in [6, 6.07) is 5.48. The predicted molar refractivity (Wildman–Crippen MR) is 119 cm³/mol. The van der Waals surface area contributed by atoms with Crippen LogP contribution in [0.5, 0.6) is 0 Å². The lowest BCUT2D eigenvalue weighted by Crippen LogP contribution is -2.37. The zero-order valence-corrected chi connectivity index (χ0v) is 18.3. The van der Waals surface area contributed by atoms with Gasteiger partial charge in [0.1, 0.15) is 5.82 Å².